The Labute approximate surface area is 143 Å². The minimum atomic E-state index is -0.629. The lowest BCUT2D eigenvalue weighted by molar-refractivity contribution is -0.157. The van der Waals surface area contributed by atoms with E-state index in [1.807, 2.05) is 0 Å². The molecule has 5 nitrogen and oxygen atoms in total. The summed E-state index contributed by atoms with van der Waals surface area (Å²) < 4.78 is 5.31. The van der Waals surface area contributed by atoms with Gasteiger partial charge in [-0.15, -0.1) is 0 Å². The van der Waals surface area contributed by atoms with E-state index in [4.69, 9.17) is 4.74 Å². The van der Waals surface area contributed by atoms with Crippen LogP contribution in [-0.4, -0.2) is 42.3 Å². The molecule has 1 aliphatic rings. The third-order valence-electron chi connectivity index (χ3n) is 4.38. The lowest BCUT2D eigenvalue weighted by atomic mass is 10.0. The number of likely N-dealkylation sites (tertiary alicyclic amines) is 1. The summed E-state index contributed by atoms with van der Waals surface area (Å²) in [7, 11) is 0. The molecule has 0 saturated carbocycles. The summed E-state index contributed by atoms with van der Waals surface area (Å²) in [5.74, 6) is -1.02. The van der Waals surface area contributed by atoms with Gasteiger partial charge in [0.25, 0.3) is 5.91 Å². The molecule has 0 radical (unpaired) electrons. The number of aryl methyl sites for hydroxylation is 2. The maximum atomic E-state index is 12.2. The van der Waals surface area contributed by atoms with Crippen molar-refractivity contribution in [3.8, 4) is 0 Å². The number of aldehydes is 1. The monoisotopic (exact) mass is 331 g/mol. The number of rotatable bonds is 7. The molecule has 0 aliphatic carbocycles. The van der Waals surface area contributed by atoms with Gasteiger partial charge in [0.05, 0.1) is 6.61 Å². The normalized spacial score (nSPS) is 17.4. The van der Waals surface area contributed by atoms with E-state index in [9.17, 15) is 14.4 Å². The average molecular weight is 331 g/mol. The summed E-state index contributed by atoms with van der Waals surface area (Å²) in [4.78, 5) is 35.8. The molecule has 0 aromatic heterocycles. The Morgan fingerprint density at radius 2 is 1.96 bits per heavy atom. The van der Waals surface area contributed by atoms with Crippen molar-refractivity contribution < 1.29 is 19.1 Å². The summed E-state index contributed by atoms with van der Waals surface area (Å²) in [6, 6.07) is 7.82. The average Bonchev–Trinajstić information content (AvgIpc) is 2.62. The van der Waals surface area contributed by atoms with Crippen molar-refractivity contribution in [1.82, 2.24) is 4.90 Å². The molecule has 5 heteroatoms. The summed E-state index contributed by atoms with van der Waals surface area (Å²) in [5.41, 5.74) is 2.52. The number of hydrogen-bond donors (Lipinski definition) is 0. The van der Waals surface area contributed by atoms with Gasteiger partial charge in [0.1, 0.15) is 6.04 Å². The number of piperidine rings is 1. The summed E-state index contributed by atoms with van der Waals surface area (Å²) in [5, 5.41) is 0. The van der Waals surface area contributed by atoms with Crippen molar-refractivity contribution in [2.75, 3.05) is 13.2 Å². The Morgan fingerprint density at radius 3 is 2.67 bits per heavy atom. The SMILES string of the molecule is Cc1ccc(CCCCOC(=O)C2CCCCN2C(=O)C=O)cc1. The molecule has 0 spiro atoms. The van der Waals surface area contributed by atoms with Gasteiger partial charge in [-0.2, -0.15) is 0 Å². The molecule has 1 aromatic rings. The highest BCUT2D eigenvalue weighted by Gasteiger charge is 2.32. The van der Waals surface area contributed by atoms with Crippen LogP contribution in [0.5, 0.6) is 0 Å². The van der Waals surface area contributed by atoms with Crippen molar-refractivity contribution >= 4 is 18.2 Å². The number of ether oxygens (including phenoxy) is 1. The smallest absolute Gasteiger partial charge is 0.328 e. The molecule has 24 heavy (non-hydrogen) atoms. The molecule has 0 bridgehead atoms. The molecule has 130 valence electrons. The number of carbonyl (C=O) groups is 3. The number of amides is 1. The van der Waals surface area contributed by atoms with Crippen LogP contribution in [0.3, 0.4) is 0 Å². The first-order chi connectivity index (χ1) is 11.6. The molecular weight excluding hydrogens is 306 g/mol. The number of nitrogens with zero attached hydrogens (tertiary/aromatic N) is 1. The fraction of sp³-hybridized carbons (Fsp3) is 0.526. The minimum absolute atomic E-state index is 0.271. The second-order valence-electron chi connectivity index (χ2n) is 6.27. The Morgan fingerprint density at radius 1 is 1.21 bits per heavy atom. The predicted octanol–water partition coefficient (Wildman–Crippen LogP) is 2.44. The van der Waals surface area contributed by atoms with Crippen molar-refractivity contribution in [3.05, 3.63) is 35.4 Å². The van der Waals surface area contributed by atoms with E-state index in [1.165, 1.54) is 16.0 Å². The zero-order valence-electron chi connectivity index (χ0n) is 14.2. The summed E-state index contributed by atoms with van der Waals surface area (Å²) >= 11 is 0. The number of esters is 1. The molecule has 1 unspecified atom stereocenters. The van der Waals surface area contributed by atoms with E-state index in [2.05, 4.69) is 31.2 Å². The number of unbranched alkanes of at least 4 members (excludes halogenated alkanes) is 1. The van der Waals surface area contributed by atoms with E-state index >= 15 is 0 Å². The maximum absolute atomic E-state index is 12.2. The third kappa shape index (κ3) is 5.18. The number of benzene rings is 1. The number of carbonyl (C=O) groups excluding carboxylic acids is 3. The molecular formula is C19H25NO4. The van der Waals surface area contributed by atoms with Crippen molar-refractivity contribution in [1.29, 1.82) is 0 Å². The molecule has 1 aliphatic heterocycles. The largest absolute Gasteiger partial charge is 0.464 e. The summed E-state index contributed by atoms with van der Waals surface area (Å²) in [6.45, 7) is 2.86. The fourth-order valence-corrected chi connectivity index (χ4v) is 2.96. The maximum Gasteiger partial charge on any atom is 0.328 e. The van der Waals surface area contributed by atoms with E-state index < -0.39 is 11.9 Å². The quantitative estimate of drug-likeness (QED) is 0.333. The van der Waals surface area contributed by atoms with Crippen LogP contribution >= 0.6 is 0 Å². The van der Waals surface area contributed by atoms with Crippen LogP contribution in [0, 0.1) is 6.92 Å². The van der Waals surface area contributed by atoms with Crippen LogP contribution in [0.2, 0.25) is 0 Å². The lowest BCUT2D eigenvalue weighted by Gasteiger charge is -2.32. The first-order valence-electron chi connectivity index (χ1n) is 8.60. The van der Waals surface area contributed by atoms with Gasteiger partial charge in [-0.1, -0.05) is 29.8 Å². The lowest BCUT2D eigenvalue weighted by Crippen LogP contribution is -2.49. The Kier molecular flexibility index (Phi) is 6.97. The van der Waals surface area contributed by atoms with E-state index in [0.717, 1.165) is 32.1 Å². The molecule has 0 N–H and O–H groups in total. The van der Waals surface area contributed by atoms with E-state index in [-0.39, 0.29) is 12.3 Å². The molecule has 1 amide bonds. The zero-order chi connectivity index (χ0) is 17.4. The van der Waals surface area contributed by atoms with Gasteiger partial charge in [0.2, 0.25) is 6.29 Å². The fourth-order valence-electron chi connectivity index (χ4n) is 2.96. The second-order valence-corrected chi connectivity index (χ2v) is 6.27. The Balaban J connectivity index is 1.71. The Bertz CT molecular complexity index is 567. The van der Waals surface area contributed by atoms with Gasteiger partial charge < -0.3 is 9.64 Å². The molecule has 2 rings (SSSR count). The molecule has 1 saturated heterocycles. The van der Waals surface area contributed by atoms with Crippen molar-refractivity contribution in [2.45, 2.75) is 51.5 Å². The highest BCUT2D eigenvalue weighted by atomic mass is 16.5. The van der Waals surface area contributed by atoms with Gasteiger partial charge in [-0.3, -0.25) is 9.59 Å². The van der Waals surface area contributed by atoms with Crippen LogP contribution < -0.4 is 0 Å². The molecule has 1 atom stereocenters. The van der Waals surface area contributed by atoms with Crippen molar-refractivity contribution in [2.24, 2.45) is 0 Å². The van der Waals surface area contributed by atoms with Crippen molar-refractivity contribution in [3.63, 3.8) is 0 Å². The van der Waals surface area contributed by atoms with Gasteiger partial charge in [-0.25, -0.2) is 4.79 Å². The summed E-state index contributed by atoms with van der Waals surface area (Å²) in [6.07, 6.45) is 5.22. The van der Waals surface area contributed by atoms with Crippen LogP contribution in [0.1, 0.15) is 43.2 Å². The van der Waals surface area contributed by atoms with Crippen LogP contribution in [0.4, 0.5) is 0 Å². The molecule has 1 fully saturated rings. The Hall–Kier alpha value is -2.17. The minimum Gasteiger partial charge on any atom is -0.464 e. The topological polar surface area (TPSA) is 63.7 Å². The highest BCUT2D eigenvalue weighted by Crippen LogP contribution is 2.18. The first-order valence-corrected chi connectivity index (χ1v) is 8.60. The van der Waals surface area contributed by atoms with Gasteiger partial charge in [-0.05, 0) is 51.0 Å². The number of hydrogen-bond acceptors (Lipinski definition) is 4. The van der Waals surface area contributed by atoms with E-state index in [1.54, 1.807) is 0 Å². The standard InChI is InChI=1S/C19H25NO4/c1-15-8-10-16(11-9-15)6-3-5-13-24-19(23)17-7-2-4-12-20(17)18(22)14-21/h8-11,14,17H,2-7,12-13H2,1H3. The van der Waals surface area contributed by atoms with Crippen LogP contribution in [0.25, 0.3) is 0 Å². The predicted molar refractivity (Wildman–Crippen MR) is 90.5 cm³/mol. The third-order valence-corrected chi connectivity index (χ3v) is 4.38. The van der Waals surface area contributed by atoms with Gasteiger partial charge in [0, 0.05) is 6.54 Å². The van der Waals surface area contributed by atoms with Gasteiger partial charge in [0.15, 0.2) is 0 Å². The van der Waals surface area contributed by atoms with Gasteiger partial charge >= 0.3 is 5.97 Å². The highest BCUT2D eigenvalue weighted by molar-refractivity contribution is 6.24. The molecule has 1 heterocycles. The van der Waals surface area contributed by atoms with E-state index in [0.29, 0.717) is 19.6 Å². The van der Waals surface area contributed by atoms with Crippen LogP contribution in [0.15, 0.2) is 24.3 Å². The first kappa shape index (κ1) is 18.2. The van der Waals surface area contributed by atoms with Crippen LogP contribution in [-0.2, 0) is 25.5 Å². The molecule has 1 aromatic carbocycles. The zero-order valence-corrected chi connectivity index (χ0v) is 14.2. The second kappa shape index (κ2) is 9.21.